The van der Waals surface area contributed by atoms with Crippen LogP contribution in [-0.4, -0.2) is 71.5 Å². The van der Waals surface area contributed by atoms with E-state index < -0.39 is 0 Å². The lowest BCUT2D eigenvalue weighted by molar-refractivity contribution is 0.0636. The van der Waals surface area contributed by atoms with Crippen LogP contribution in [-0.2, 0) is 0 Å². The minimum atomic E-state index is -0.162. The van der Waals surface area contributed by atoms with E-state index in [2.05, 4.69) is 26.6 Å². The van der Waals surface area contributed by atoms with Gasteiger partial charge in [-0.25, -0.2) is 0 Å². The number of nitrogens with zero attached hydrogens (tertiary/aromatic N) is 2. The van der Waals surface area contributed by atoms with Gasteiger partial charge < -0.3 is 22.1 Å². The largest absolute Gasteiger partial charge is 0.399 e. The van der Waals surface area contributed by atoms with Gasteiger partial charge in [0.1, 0.15) is 0 Å². The second-order valence-electron chi connectivity index (χ2n) is 15.8. The van der Waals surface area contributed by atoms with Gasteiger partial charge in [0.2, 0.25) is 0 Å². The first-order valence-corrected chi connectivity index (χ1v) is 25.0. The maximum Gasteiger partial charge on any atom is 0.261 e. The number of hydrogen-bond donors (Lipinski definition) is 4. The Balaban J connectivity index is 0.000000251. The number of alkyl halides is 1. The number of fused-ring (bicyclic) bond motifs is 2. The van der Waals surface area contributed by atoms with E-state index in [1.165, 1.54) is 29.1 Å². The van der Waals surface area contributed by atoms with Crippen LogP contribution in [0.3, 0.4) is 0 Å². The Labute approximate surface area is 421 Å². The average Bonchev–Trinajstić information content (AvgIpc) is 3.72. The van der Waals surface area contributed by atoms with Crippen molar-refractivity contribution in [1.82, 2.24) is 9.80 Å². The molecule has 2 heterocycles. The second-order valence-corrected chi connectivity index (χ2v) is 17.9. The van der Waals surface area contributed by atoms with E-state index in [9.17, 15) is 19.2 Å². The molecule has 0 bridgehead atoms. The molecule has 7 rings (SSSR count). The maximum atomic E-state index is 12.2. The minimum Gasteiger partial charge on any atom is -0.399 e. The number of anilines is 3. The van der Waals surface area contributed by atoms with Crippen LogP contribution >= 0.6 is 50.7 Å². The van der Waals surface area contributed by atoms with Gasteiger partial charge in [0.05, 0.1) is 22.3 Å². The Morgan fingerprint density at radius 2 is 0.746 bits per heavy atom. The van der Waals surface area contributed by atoms with Gasteiger partial charge in [-0.05, 0) is 142 Å². The van der Waals surface area contributed by atoms with Gasteiger partial charge in [0, 0.05) is 63.6 Å². The van der Waals surface area contributed by atoms with Crippen molar-refractivity contribution in [2.24, 2.45) is 5.73 Å². The Morgan fingerprint density at radius 1 is 0.433 bits per heavy atom. The number of unbranched alkanes of at least 4 members (excludes halogenated alkanes) is 9. The summed E-state index contributed by atoms with van der Waals surface area (Å²) in [5.41, 5.74) is 15.9. The average molecular weight is 1040 g/mol. The summed E-state index contributed by atoms with van der Waals surface area (Å²) in [5, 5.41) is 9.96. The number of imide groups is 2. The van der Waals surface area contributed by atoms with Crippen molar-refractivity contribution in [3.05, 3.63) is 159 Å². The van der Waals surface area contributed by atoms with Crippen molar-refractivity contribution in [1.29, 1.82) is 0 Å². The molecule has 2 aliphatic heterocycles. The SMILES string of the molecule is C.NCCCCCCNc1ccc(Cl)cc1.Nc1ccc(Cl)cc1.O=C1c2ccccc2C(=O)N1CCCCCCBr.O=C1c2ccccc2C(=O)N1CCCCCCNc1ccc(Cl)cc1. The third kappa shape index (κ3) is 19.7. The lowest BCUT2D eigenvalue weighted by Crippen LogP contribution is -2.30. The number of rotatable bonds is 21. The van der Waals surface area contributed by atoms with E-state index in [0.717, 1.165) is 115 Å². The van der Waals surface area contributed by atoms with Crippen LogP contribution in [0.25, 0.3) is 0 Å². The highest BCUT2D eigenvalue weighted by Crippen LogP contribution is 2.24. The summed E-state index contributed by atoms with van der Waals surface area (Å²) >= 11 is 20.6. The van der Waals surface area contributed by atoms with Crippen molar-refractivity contribution < 1.29 is 19.2 Å². The molecule has 5 aromatic carbocycles. The highest BCUT2D eigenvalue weighted by Gasteiger charge is 2.35. The zero-order valence-electron chi connectivity index (χ0n) is 37.5. The van der Waals surface area contributed by atoms with Crippen molar-refractivity contribution >= 4 is 91.4 Å². The molecule has 67 heavy (non-hydrogen) atoms. The summed E-state index contributed by atoms with van der Waals surface area (Å²) in [6, 6.07) is 36.6. The van der Waals surface area contributed by atoms with Crippen molar-refractivity contribution in [2.45, 2.75) is 84.5 Å². The molecule has 0 spiro atoms. The molecule has 0 saturated heterocycles. The molecule has 5 aromatic rings. The van der Waals surface area contributed by atoms with Crippen LogP contribution in [0.5, 0.6) is 0 Å². The number of benzene rings is 5. The summed E-state index contributed by atoms with van der Waals surface area (Å²) < 4.78 is 0. The lowest BCUT2D eigenvalue weighted by atomic mass is 10.1. The van der Waals surface area contributed by atoms with Crippen LogP contribution in [0.1, 0.15) is 126 Å². The topological polar surface area (TPSA) is 151 Å². The summed E-state index contributed by atoms with van der Waals surface area (Å²) in [6.45, 7) is 3.76. The second kappa shape index (κ2) is 32.0. The van der Waals surface area contributed by atoms with Crippen LogP contribution in [0, 0.1) is 0 Å². The Hall–Kier alpha value is -4.91. The summed E-state index contributed by atoms with van der Waals surface area (Å²) in [4.78, 5) is 51.3. The number of nitrogen functional groups attached to an aromatic ring is 1. The molecule has 4 amide bonds. The number of nitrogens with two attached hydrogens (primary N) is 2. The number of amides is 4. The molecule has 0 aromatic heterocycles. The third-order valence-corrected chi connectivity index (χ3v) is 12.0. The first kappa shape index (κ1) is 56.4. The molecule has 360 valence electrons. The quantitative estimate of drug-likeness (QED) is 0.0245. The van der Waals surface area contributed by atoms with E-state index in [1.807, 2.05) is 48.5 Å². The first-order chi connectivity index (χ1) is 32.0. The van der Waals surface area contributed by atoms with E-state index >= 15 is 0 Å². The van der Waals surface area contributed by atoms with Gasteiger partial charge in [0.25, 0.3) is 23.6 Å². The molecule has 0 atom stereocenters. The summed E-state index contributed by atoms with van der Waals surface area (Å²) in [7, 11) is 0. The molecular formula is C53H66BrCl3N6O4. The van der Waals surface area contributed by atoms with Gasteiger partial charge >= 0.3 is 0 Å². The third-order valence-electron chi connectivity index (χ3n) is 10.7. The number of nitrogens with one attached hydrogen (secondary N) is 2. The van der Waals surface area contributed by atoms with Crippen molar-refractivity contribution in [3.63, 3.8) is 0 Å². The predicted octanol–water partition coefficient (Wildman–Crippen LogP) is 13.7. The molecule has 10 nitrogen and oxygen atoms in total. The molecule has 0 unspecified atom stereocenters. The Morgan fingerprint density at radius 3 is 1.07 bits per heavy atom. The van der Waals surface area contributed by atoms with E-state index in [1.54, 1.807) is 72.8 Å². The molecule has 6 N–H and O–H groups in total. The zero-order chi connectivity index (χ0) is 47.5. The fourth-order valence-corrected chi connectivity index (χ4v) is 7.81. The number of hydrogen-bond acceptors (Lipinski definition) is 8. The molecule has 0 radical (unpaired) electrons. The molecule has 14 heteroatoms. The van der Waals surface area contributed by atoms with E-state index in [0.29, 0.717) is 35.3 Å². The molecule has 0 aliphatic carbocycles. The normalized spacial score (nSPS) is 12.1. The van der Waals surface area contributed by atoms with Gasteiger partial charge in [-0.1, -0.05) is 121 Å². The Kier molecular flexibility index (Phi) is 26.9. The smallest absolute Gasteiger partial charge is 0.261 e. The summed E-state index contributed by atoms with van der Waals surface area (Å²) in [5.74, 6) is -0.609. The van der Waals surface area contributed by atoms with Gasteiger partial charge in [-0.2, -0.15) is 0 Å². The van der Waals surface area contributed by atoms with E-state index in [4.69, 9.17) is 46.3 Å². The van der Waals surface area contributed by atoms with Crippen molar-refractivity contribution in [2.75, 3.05) is 54.4 Å². The minimum absolute atomic E-state index is 0. The Bertz CT molecular complexity index is 2160. The van der Waals surface area contributed by atoms with Crippen molar-refractivity contribution in [3.8, 4) is 0 Å². The molecular weight excluding hydrogens is 971 g/mol. The van der Waals surface area contributed by atoms with Gasteiger partial charge in [-0.15, -0.1) is 0 Å². The molecule has 0 fully saturated rings. The maximum absolute atomic E-state index is 12.2. The number of carbonyl (C=O) groups excluding carboxylic acids is 4. The fraction of sp³-hybridized carbons (Fsp3) is 0.358. The van der Waals surface area contributed by atoms with E-state index in [-0.39, 0.29) is 31.1 Å². The van der Waals surface area contributed by atoms with Gasteiger partial charge in [0.15, 0.2) is 0 Å². The standard InChI is InChI=1S/C20H21ClN2O2.C14H16BrNO2.C12H19ClN2.C6H6ClN.CH4/c21-15-9-11-16(12-10-15)22-13-5-1-2-6-14-23-19(24)17-7-3-4-8-18(17)20(23)25;15-9-5-1-2-6-10-16-13(17)11-7-3-4-8-12(11)14(16)18;13-11-5-7-12(8-6-11)15-10-4-2-1-3-9-14;7-5-1-3-6(8)4-2-5;/h3-4,7-12,22H,1-2,5-6,13-14H2;3-4,7-8H,1-2,5-6,9-10H2;5-8,15H,1-4,9-10,14H2;1-4H,8H2;1H4. The zero-order valence-corrected chi connectivity index (χ0v) is 41.3. The highest BCUT2D eigenvalue weighted by molar-refractivity contribution is 9.09. The van der Waals surface area contributed by atoms with Crippen LogP contribution in [0.4, 0.5) is 17.1 Å². The van der Waals surface area contributed by atoms with Crippen LogP contribution in [0.15, 0.2) is 121 Å². The summed E-state index contributed by atoms with van der Waals surface area (Å²) in [6.07, 6.45) is 13.0. The number of halogens is 4. The molecule has 2 aliphatic rings. The van der Waals surface area contributed by atoms with Gasteiger partial charge in [-0.3, -0.25) is 29.0 Å². The monoisotopic (exact) mass is 1030 g/mol. The van der Waals surface area contributed by atoms with Crippen LogP contribution < -0.4 is 22.1 Å². The predicted molar refractivity (Wildman–Crippen MR) is 284 cm³/mol. The lowest BCUT2D eigenvalue weighted by Gasteiger charge is -2.13. The number of carbonyl (C=O) groups is 4. The van der Waals surface area contributed by atoms with Crippen LogP contribution in [0.2, 0.25) is 15.1 Å². The highest BCUT2D eigenvalue weighted by atomic mass is 79.9. The fourth-order valence-electron chi connectivity index (χ4n) is 7.04. The molecule has 0 saturated carbocycles. The first-order valence-electron chi connectivity index (χ1n) is 22.7.